The lowest BCUT2D eigenvalue weighted by atomic mass is 10.0. The lowest BCUT2D eigenvalue weighted by Gasteiger charge is -2.27. The number of alkyl halides is 6. The highest BCUT2D eigenvalue weighted by molar-refractivity contribution is 8.18. The molecule has 0 spiro atoms. The number of halogens is 6. The number of carbonyl (C=O) groups excluding carboxylic acids is 1. The molecule has 3 aromatic rings. The van der Waals surface area contributed by atoms with Crippen molar-refractivity contribution in [3.05, 3.63) is 69.8 Å². The van der Waals surface area contributed by atoms with Crippen molar-refractivity contribution in [2.75, 3.05) is 26.3 Å². The Labute approximate surface area is 210 Å². The van der Waals surface area contributed by atoms with Crippen molar-refractivity contribution in [3.8, 4) is 0 Å². The minimum absolute atomic E-state index is 0.120. The van der Waals surface area contributed by atoms with Crippen LogP contribution in [0.1, 0.15) is 22.3 Å². The summed E-state index contributed by atoms with van der Waals surface area (Å²) in [5.74, 6) is -0.357. The third-order valence-corrected chi connectivity index (χ3v) is 6.96. The Hall–Kier alpha value is -3.32. The molecule has 3 heterocycles. The number of rotatable bonds is 3. The number of morpholine rings is 1. The van der Waals surface area contributed by atoms with Gasteiger partial charge in [-0.15, -0.1) is 0 Å². The second kappa shape index (κ2) is 9.53. The van der Waals surface area contributed by atoms with Gasteiger partial charge >= 0.3 is 12.4 Å². The minimum Gasteiger partial charge on any atom is -0.378 e. The van der Waals surface area contributed by atoms with Crippen LogP contribution in [-0.4, -0.2) is 52.1 Å². The fraction of sp³-hybridized carbons (Fsp3) is 0.292. The predicted octanol–water partition coefficient (Wildman–Crippen LogP) is 5.42. The van der Waals surface area contributed by atoms with Crippen LogP contribution < -0.4 is 0 Å². The molecule has 0 saturated carbocycles. The number of carbonyl (C=O) groups is 1. The smallest absolute Gasteiger partial charge is 0.378 e. The lowest BCUT2D eigenvalue weighted by molar-refractivity contribution is -0.143. The van der Waals surface area contributed by atoms with Crippen LogP contribution in [0.2, 0.25) is 0 Å². The molecule has 194 valence electrons. The average Bonchev–Trinajstić information content (AvgIpc) is 3.41. The van der Waals surface area contributed by atoms with Crippen LogP contribution in [0.15, 0.2) is 52.5 Å². The number of thioether (sulfide) groups is 1. The Kier molecular flexibility index (Phi) is 6.52. The van der Waals surface area contributed by atoms with Crippen molar-refractivity contribution in [1.82, 2.24) is 14.7 Å². The summed E-state index contributed by atoms with van der Waals surface area (Å²) in [6, 6.07) is 6.63. The summed E-state index contributed by atoms with van der Waals surface area (Å²) in [6.07, 6.45) is -6.73. The summed E-state index contributed by atoms with van der Waals surface area (Å²) in [5.41, 5.74) is -1.90. The molecule has 0 bridgehead atoms. The standard InChI is InChI=1S/C24H18F6N4O2S/c25-23(26,27)17-3-2-15(18(11-17)24(28,29)30)13-34-19-4-1-14(9-16(19)12-31-34)10-20-21(35)32-22(37-20)33-5-7-36-8-6-33/h1-4,9-12H,5-8,13H2. The van der Waals surface area contributed by atoms with Crippen LogP contribution in [0.4, 0.5) is 26.3 Å². The van der Waals surface area contributed by atoms with E-state index in [1.807, 2.05) is 4.90 Å². The van der Waals surface area contributed by atoms with Gasteiger partial charge in [-0.05, 0) is 53.2 Å². The molecule has 37 heavy (non-hydrogen) atoms. The molecule has 0 N–H and O–H groups in total. The Bertz CT molecular complexity index is 1420. The second-order valence-corrected chi connectivity index (χ2v) is 9.41. The Morgan fingerprint density at radius 3 is 2.46 bits per heavy atom. The van der Waals surface area contributed by atoms with Crippen LogP contribution in [0.25, 0.3) is 17.0 Å². The quantitative estimate of drug-likeness (QED) is 0.328. The summed E-state index contributed by atoms with van der Waals surface area (Å²) in [7, 11) is 0. The number of aliphatic imine (C=N–C) groups is 1. The van der Waals surface area contributed by atoms with Gasteiger partial charge in [-0.25, -0.2) is 0 Å². The maximum absolute atomic E-state index is 13.5. The van der Waals surface area contributed by atoms with E-state index < -0.39 is 23.5 Å². The van der Waals surface area contributed by atoms with Crippen molar-refractivity contribution in [1.29, 1.82) is 0 Å². The van der Waals surface area contributed by atoms with E-state index in [4.69, 9.17) is 4.74 Å². The van der Waals surface area contributed by atoms with E-state index in [1.54, 1.807) is 24.3 Å². The largest absolute Gasteiger partial charge is 0.416 e. The summed E-state index contributed by atoms with van der Waals surface area (Å²) in [5, 5.41) is 5.35. The minimum atomic E-state index is -4.97. The highest BCUT2D eigenvalue weighted by atomic mass is 32.2. The molecule has 2 aromatic carbocycles. The van der Waals surface area contributed by atoms with E-state index >= 15 is 0 Å². The Morgan fingerprint density at radius 1 is 1.00 bits per heavy atom. The molecular formula is C24H18F6N4O2S. The van der Waals surface area contributed by atoms with E-state index in [-0.39, 0.29) is 24.1 Å². The third-order valence-electron chi connectivity index (χ3n) is 5.92. The van der Waals surface area contributed by atoms with Gasteiger partial charge < -0.3 is 9.64 Å². The van der Waals surface area contributed by atoms with E-state index in [0.29, 0.717) is 58.9 Å². The van der Waals surface area contributed by atoms with Gasteiger partial charge in [0.15, 0.2) is 5.17 Å². The zero-order valence-corrected chi connectivity index (χ0v) is 19.8. The topological polar surface area (TPSA) is 59.7 Å². The van der Waals surface area contributed by atoms with E-state index in [9.17, 15) is 31.1 Å². The molecule has 0 unspecified atom stereocenters. The molecule has 1 saturated heterocycles. The van der Waals surface area contributed by atoms with Crippen LogP contribution in [0.3, 0.4) is 0 Å². The second-order valence-electron chi connectivity index (χ2n) is 8.40. The summed E-state index contributed by atoms with van der Waals surface area (Å²) < 4.78 is 86.1. The first-order valence-electron chi connectivity index (χ1n) is 11.1. The number of ether oxygens (including phenoxy) is 1. The van der Waals surface area contributed by atoms with Gasteiger partial charge in [-0.3, -0.25) is 9.48 Å². The van der Waals surface area contributed by atoms with Crippen LogP contribution in [-0.2, 0) is 28.4 Å². The monoisotopic (exact) mass is 540 g/mol. The number of aromatic nitrogens is 2. The predicted molar refractivity (Wildman–Crippen MR) is 126 cm³/mol. The van der Waals surface area contributed by atoms with Gasteiger partial charge in [0.2, 0.25) is 0 Å². The van der Waals surface area contributed by atoms with Gasteiger partial charge in [0.25, 0.3) is 5.91 Å². The number of fused-ring (bicyclic) bond motifs is 1. The molecule has 2 aliphatic heterocycles. The van der Waals surface area contributed by atoms with Gasteiger partial charge in [0, 0.05) is 18.5 Å². The Balaban J connectivity index is 1.39. The first-order chi connectivity index (χ1) is 17.5. The third kappa shape index (κ3) is 5.37. The van der Waals surface area contributed by atoms with Gasteiger partial charge in [0.1, 0.15) is 0 Å². The van der Waals surface area contributed by atoms with Crippen molar-refractivity contribution in [3.63, 3.8) is 0 Å². The van der Waals surface area contributed by atoms with Gasteiger partial charge in [0.05, 0.1) is 47.5 Å². The molecule has 5 rings (SSSR count). The fourth-order valence-electron chi connectivity index (χ4n) is 4.08. The number of hydrogen-bond acceptors (Lipinski definition) is 5. The maximum atomic E-state index is 13.5. The molecule has 1 fully saturated rings. The zero-order chi connectivity index (χ0) is 26.4. The molecule has 0 radical (unpaired) electrons. The van der Waals surface area contributed by atoms with E-state index in [1.165, 1.54) is 22.6 Å². The normalized spacial score (nSPS) is 18.2. The summed E-state index contributed by atoms with van der Waals surface area (Å²) in [6.45, 7) is 2.04. The Morgan fingerprint density at radius 2 is 1.76 bits per heavy atom. The SMILES string of the molecule is O=C1N=C(N2CCOCC2)SC1=Cc1ccc2c(cnn2Cc2ccc(C(F)(F)F)cc2C(F)(F)F)c1. The molecule has 0 aliphatic carbocycles. The molecule has 6 nitrogen and oxygen atoms in total. The van der Waals surface area contributed by atoms with Crippen LogP contribution in [0.5, 0.6) is 0 Å². The highest BCUT2D eigenvalue weighted by Crippen LogP contribution is 2.38. The zero-order valence-electron chi connectivity index (χ0n) is 18.9. The van der Waals surface area contributed by atoms with Crippen molar-refractivity contribution in [2.24, 2.45) is 4.99 Å². The van der Waals surface area contributed by atoms with E-state index in [0.717, 1.165) is 6.07 Å². The molecule has 2 aliphatic rings. The number of nitrogens with zero attached hydrogens (tertiary/aromatic N) is 4. The first-order valence-corrected chi connectivity index (χ1v) is 11.9. The number of amidine groups is 1. The number of amides is 1. The van der Waals surface area contributed by atoms with Crippen molar-refractivity contribution in [2.45, 2.75) is 18.9 Å². The van der Waals surface area contributed by atoms with E-state index in [2.05, 4.69) is 10.1 Å². The van der Waals surface area contributed by atoms with Gasteiger partial charge in [-0.1, -0.05) is 12.1 Å². The van der Waals surface area contributed by atoms with Crippen LogP contribution in [0, 0.1) is 0 Å². The van der Waals surface area contributed by atoms with Crippen molar-refractivity contribution < 1.29 is 35.9 Å². The molecule has 1 amide bonds. The number of benzene rings is 2. The average molecular weight is 540 g/mol. The molecular weight excluding hydrogens is 522 g/mol. The van der Waals surface area contributed by atoms with Gasteiger partial charge in [-0.2, -0.15) is 36.4 Å². The lowest BCUT2D eigenvalue weighted by Crippen LogP contribution is -2.38. The molecule has 0 atom stereocenters. The summed E-state index contributed by atoms with van der Waals surface area (Å²) in [4.78, 5) is 18.9. The maximum Gasteiger partial charge on any atom is 0.416 e. The summed E-state index contributed by atoms with van der Waals surface area (Å²) >= 11 is 1.26. The van der Waals surface area contributed by atoms with Crippen LogP contribution >= 0.6 is 11.8 Å². The highest BCUT2D eigenvalue weighted by Gasteiger charge is 2.38. The fourth-order valence-corrected chi connectivity index (χ4v) is 5.04. The molecule has 13 heteroatoms. The number of hydrogen-bond donors (Lipinski definition) is 0. The van der Waals surface area contributed by atoms with Crippen molar-refractivity contribution >= 4 is 39.8 Å². The molecule has 1 aromatic heterocycles. The first kappa shape index (κ1) is 25.3.